The monoisotopic (exact) mass is 360 g/mol. The molecule has 5 nitrogen and oxygen atoms in total. The fourth-order valence-electron chi connectivity index (χ4n) is 2.37. The first-order valence-electron chi connectivity index (χ1n) is 8.38. The number of hydrogen-bond acceptors (Lipinski definition) is 3. The summed E-state index contributed by atoms with van der Waals surface area (Å²) in [6.45, 7) is 6.34. The van der Waals surface area contributed by atoms with Crippen molar-refractivity contribution >= 4 is 21.6 Å². The van der Waals surface area contributed by atoms with Crippen molar-refractivity contribution in [1.29, 1.82) is 0 Å². The molecule has 0 radical (unpaired) electrons. The molecule has 0 saturated heterocycles. The van der Waals surface area contributed by atoms with Crippen LogP contribution in [0.1, 0.15) is 41.8 Å². The summed E-state index contributed by atoms with van der Waals surface area (Å²) in [6, 6.07) is 11.8. The lowest BCUT2D eigenvalue weighted by atomic mass is 10.1. The Morgan fingerprint density at radius 3 is 2.32 bits per heavy atom. The average molecular weight is 360 g/mol. The topological polar surface area (TPSA) is 75.3 Å². The molecule has 0 fully saturated rings. The quantitative estimate of drug-likeness (QED) is 0.793. The molecule has 0 saturated carbocycles. The van der Waals surface area contributed by atoms with E-state index in [4.69, 9.17) is 0 Å². The van der Waals surface area contributed by atoms with E-state index in [9.17, 15) is 13.2 Å². The van der Waals surface area contributed by atoms with Gasteiger partial charge in [-0.15, -0.1) is 0 Å². The molecule has 1 amide bonds. The van der Waals surface area contributed by atoms with Crippen LogP contribution in [0.3, 0.4) is 0 Å². The SMILES string of the molecule is CCCNC(=O)c1cc(S(=O)(=O)Nc2ccc(CC)cc2)ccc1C. The summed E-state index contributed by atoms with van der Waals surface area (Å²) in [5, 5.41) is 2.78. The number of amides is 1. The van der Waals surface area contributed by atoms with Gasteiger partial charge in [0.25, 0.3) is 15.9 Å². The number of rotatable bonds is 7. The molecule has 2 rings (SSSR count). The standard InChI is InChI=1S/C19H24N2O3S/c1-4-12-20-19(22)18-13-17(11-6-14(18)3)25(23,24)21-16-9-7-15(5-2)8-10-16/h6-11,13,21H,4-5,12H2,1-3H3,(H,20,22). The summed E-state index contributed by atoms with van der Waals surface area (Å²) in [6.07, 6.45) is 1.71. The highest BCUT2D eigenvalue weighted by atomic mass is 32.2. The minimum Gasteiger partial charge on any atom is -0.352 e. The predicted octanol–water partition coefficient (Wildman–Crippen LogP) is 3.50. The molecule has 0 aliphatic rings. The van der Waals surface area contributed by atoms with E-state index in [1.54, 1.807) is 25.1 Å². The Morgan fingerprint density at radius 2 is 1.72 bits per heavy atom. The van der Waals surface area contributed by atoms with Crippen molar-refractivity contribution in [2.45, 2.75) is 38.5 Å². The van der Waals surface area contributed by atoms with Crippen LogP contribution in [-0.4, -0.2) is 20.9 Å². The number of anilines is 1. The molecule has 2 N–H and O–H groups in total. The first-order chi connectivity index (χ1) is 11.9. The molecule has 2 aromatic rings. The van der Waals surface area contributed by atoms with Crippen molar-refractivity contribution in [2.24, 2.45) is 0 Å². The van der Waals surface area contributed by atoms with Crippen molar-refractivity contribution in [3.05, 3.63) is 59.2 Å². The van der Waals surface area contributed by atoms with Crippen LogP contribution in [0.25, 0.3) is 0 Å². The Kier molecular flexibility index (Phi) is 6.20. The molecule has 0 aliphatic carbocycles. The summed E-state index contributed by atoms with van der Waals surface area (Å²) in [5.41, 5.74) is 2.74. The molecule has 0 aliphatic heterocycles. The molecular formula is C19H24N2O3S. The van der Waals surface area contributed by atoms with E-state index < -0.39 is 10.0 Å². The molecule has 2 aromatic carbocycles. The number of sulfonamides is 1. The minimum absolute atomic E-state index is 0.0688. The average Bonchev–Trinajstić information content (AvgIpc) is 2.60. The fourth-order valence-corrected chi connectivity index (χ4v) is 3.45. The number of nitrogens with one attached hydrogen (secondary N) is 2. The van der Waals surface area contributed by atoms with Crippen LogP contribution in [0.15, 0.2) is 47.4 Å². The predicted molar refractivity (Wildman–Crippen MR) is 100 cm³/mol. The molecule has 0 atom stereocenters. The zero-order valence-electron chi connectivity index (χ0n) is 14.8. The van der Waals surface area contributed by atoms with Crippen LogP contribution in [0, 0.1) is 6.92 Å². The smallest absolute Gasteiger partial charge is 0.261 e. The van der Waals surface area contributed by atoms with Gasteiger partial charge in [0.2, 0.25) is 0 Å². The molecule has 0 aromatic heterocycles. The van der Waals surface area contributed by atoms with Crippen LogP contribution in [0.4, 0.5) is 5.69 Å². The maximum absolute atomic E-state index is 12.6. The van der Waals surface area contributed by atoms with Gasteiger partial charge in [-0.1, -0.05) is 32.0 Å². The maximum Gasteiger partial charge on any atom is 0.261 e. The van der Waals surface area contributed by atoms with Gasteiger partial charge in [-0.2, -0.15) is 0 Å². The summed E-state index contributed by atoms with van der Waals surface area (Å²) in [4.78, 5) is 12.3. The van der Waals surface area contributed by atoms with Gasteiger partial charge >= 0.3 is 0 Å². The number of benzene rings is 2. The third kappa shape index (κ3) is 4.82. The van der Waals surface area contributed by atoms with E-state index in [1.165, 1.54) is 12.1 Å². The Morgan fingerprint density at radius 1 is 1.04 bits per heavy atom. The molecule has 0 spiro atoms. The highest BCUT2D eigenvalue weighted by molar-refractivity contribution is 7.92. The number of hydrogen-bond donors (Lipinski definition) is 2. The van der Waals surface area contributed by atoms with Crippen LogP contribution in [0.2, 0.25) is 0 Å². The van der Waals surface area contributed by atoms with Gasteiger partial charge in [0.05, 0.1) is 4.90 Å². The third-order valence-corrected chi connectivity index (χ3v) is 5.29. The van der Waals surface area contributed by atoms with Crippen molar-refractivity contribution in [3.8, 4) is 0 Å². The van der Waals surface area contributed by atoms with Crippen LogP contribution in [0.5, 0.6) is 0 Å². The second kappa shape index (κ2) is 8.16. The molecule has 134 valence electrons. The molecule has 0 unspecified atom stereocenters. The molecule has 6 heteroatoms. The Labute approximate surface area is 149 Å². The normalized spacial score (nSPS) is 11.2. The maximum atomic E-state index is 12.6. The second-order valence-corrected chi connectivity index (χ2v) is 7.57. The summed E-state index contributed by atoms with van der Waals surface area (Å²) in [7, 11) is -3.76. The van der Waals surface area contributed by atoms with E-state index in [0.717, 1.165) is 24.0 Å². The van der Waals surface area contributed by atoms with Gasteiger partial charge in [0.15, 0.2) is 0 Å². The first kappa shape index (κ1) is 19.0. The van der Waals surface area contributed by atoms with Gasteiger partial charge in [-0.3, -0.25) is 9.52 Å². The minimum atomic E-state index is -3.76. The van der Waals surface area contributed by atoms with E-state index in [0.29, 0.717) is 17.8 Å². The first-order valence-corrected chi connectivity index (χ1v) is 9.86. The number of carbonyl (C=O) groups excluding carboxylic acids is 1. The zero-order chi connectivity index (χ0) is 18.4. The van der Waals surface area contributed by atoms with Crippen molar-refractivity contribution < 1.29 is 13.2 Å². The van der Waals surface area contributed by atoms with Crippen LogP contribution < -0.4 is 10.0 Å². The largest absolute Gasteiger partial charge is 0.352 e. The highest BCUT2D eigenvalue weighted by Gasteiger charge is 2.18. The van der Waals surface area contributed by atoms with Gasteiger partial charge in [0, 0.05) is 17.8 Å². The van der Waals surface area contributed by atoms with Crippen molar-refractivity contribution in [3.63, 3.8) is 0 Å². The zero-order valence-corrected chi connectivity index (χ0v) is 15.6. The van der Waals surface area contributed by atoms with E-state index in [2.05, 4.69) is 10.0 Å². The lowest BCUT2D eigenvalue weighted by molar-refractivity contribution is 0.0953. The molecule has 0 bridgehead atoms. The van der Waals surface area contributed by atoms with Crippen molar-refractivity contribution in [2.75, 3.05) is 11.3 Å². The fraction of sp³-hybridized carbons (Fsp3) is 0.316. The third-order valence-electron chi connectivity index (χ3n) is 3.91. The molecular weight excluding hydrogens is 336 g/mol. The van der Waals surface area contributed by atoms with E-state index in [1.807, 2.05) is 26.0 Å². The summed E-state index contributed by atoms with van der Waals surface area (Å²) in [5.74, 6) is -0.260. The lowest BCUT2D eigenvalue weighted by Gasteiger charge is -2.12. The summed E-state index contributed by atoms with van der Waals surface area (Å²) < 4.78 is 27.8. The van der Waals surface area contributed by atoms with Gasteiger partial charge in [-0.05, 0) is 55.2 Å². The van der Waals surface area contributed by atoms with E-state index in [-0.39, 0.29) is 10.8 Å². The Hall–Kier alpha value is -2.34. The van der Waals surface area contributed by atoms with Gasteiger partial charge < -0.3 is 5.32 Å². The van der Waals surface area contributed by atoms with Crippen LogP contribution in [-0.2, 0) is 16.4 Å². The van der Waals surface area contributed by atoms with Gasteiger partial charge in [0.1, 0.15) is 0 Å². The van der Waals surface area contributed by atoms with Crippen LogP contribution >= 0.6 is 0 Å². The lowest BCUT2D eigenvalue weighted by Crippen LogP contribution is -2.25. The highest BCUT2D eigenvalue weighted by Crippen LogP contribution is 2.20. The van der Waals surface area contributed by atoms with Gasteiger partial charge in [-0.25, -0.2) is 8.42 Å². The second-order valence-electron chi connectivity index (χ2n) is 5.89. The number of carbonyl (C=O) groups is 1. The van der Waals surface area contributed by atoms with E-state index >= 15 is 0 Å². The number of aryl methyl sites for hydroxylation is 2. The summed E-state index contributed by atoms with van der Waals surface area (Å²) >= 11 is 0. The Bertz CT molecular complexity index is 843. The Balaban J connectivity index is 2.27. The molecule has 0 heterocycles. The molecule has 25 heavy (non-hydrogen) atoms. The van der Waals surface area contributed by atoms with Crippen molar-refractivity contribution in [1.82, 2.24) is 5.32 Å².